The minimum absolute atomic E-state index is 0. The molecule has 0 aliphatic carbocycles. The van der Waals surface area contributed by atoms with Crippen molar-refractivity contribution >= 4 is 18.3 Å². The van der Waals surface area contributed by atoms with E-state index in [1.54, 1.807) is 19.2 Å². The Morgan fingerprint density at radius 2 is 1.96 bits per heavy atom. The molecule has 0 aromatic heterocycles. The molecule has 0 spiro atoms. The summed E-state index contributed by atoms with van der Waals surface area (Å²) >= 11 is 0. The lowest BCUT2D eigenvalue weighted by molar-refractivity contribution is 0.0701. The number of methoxy groups -OCH3 is 1. The Bertz CT molecular complexity index is 544. The maximum absolute atomic E-state index is 12.8. The Labute approximate surface area is 142 Å². The average Bonchev–Trinajstić information content (AvgIpc) is 2.60. The topological polar surface area (TPSA) is 60.0 Å². The van der Waals surface area contributed by atoms with E-state index in [0.717, 1.165) is 25.9 Å². The molecule has 1 N–H and O–H groups in total. The zero-order valence-electron chi connectivity index (χ0n) is 13.5. The summed E-state index contributed by atoms with van der Waals surface area (Å²) in [5.41, 5.74) is 0.571. The summed E-state index contributed by atoms with van der Waals surface area (Å²) in [7, 11) is 3.43. The number of carbonyl (C=O) groups excluding carboxylic acids is 1. The molecule has 1 aromatic carbocycles. The fourth-order valence-electron chi connectivity index (χ4n) is 2.96. The van der Waals surface area contributed by atoms with Crippen LogP contribution in [0.4, 0.5) is 0 Å². The van der Waals surface area contributed by atoms with Crippen molar-refractivity contribution in [1.82, 2.24) is 10.2 Å². The summed E-state index contributed by atoms with van der Waals surface area (Å²) in [6.07, 6.45) is 1.95. The van der Waals surface area contributed by atoms with Crippen molar-refractivity contribution in [2.24, 2.45) is 0 Å². The molecule has 0 atom stereocenters. The van der Waals surface area contributed by atoms with Gasteiger partial charge in [-0.1, -0.05) is 0 Å². The lowest BCUT2D eigenvalue weighted by atomic mass is 10.0. The van der Waals surface area contributed by atoms with Crippen LogP contribution in [0.25, 0.3) is 0 Å². The molecule has 2 heterocycles. The molecule has 128 valence electrons. The van der Waals surface area contributed by atoms with Gasteiger partial charge in [0.2, 0.25) is 5.75 Å². The van der Waals surface area contributed by atoms with Crippen LogP contribution in [-0.4, -0.2) is 57.3 Å². The molecule has 0 saturated carbocycles. The van der Waals surface area contributed by atoms with Gasteiger partial charge in [-0.15, -0.1) is 12.4 Å². The standard InChI is InChI=1S/C16H22N2O4.ClH/c1-18(12-3-5-17-6-4-12)16(19)11-9-13(20-2)15-14(10-11)21-7-8-22-15;/h9-10,12,17H,3-8H2,1-2H3;1H. The maximum Gasteiger partial charge on any atom is 0.254 e. The van der Waals surface area contributed by atoms with E-state index in [1.807, 2.05) is 11.9 Å². The van der Waals surface area contributed by atoms with Gasteiger partial charge < -0.3 is 24.4 Å². The third kappa shape index (κ3) is 3.64. The first-order valence-corrected chi connectivity index (χ1v) is 7.66. The number of amides is 1. The Balaban J connectivity index is 0.00000192. The van der Waals surface area contributed by atoms with Gasteiger partial charge in [0.05, 0.1) is 7.11 Å². The third-order valence-electron chi connectivity index (χ3n) is 4.25. The second kappa shape index (κ2) is 7.75. The van der Waals surface area contributed by atoms with Gasteiger partial charge in [0, 0.05) is 18.7 Å². The van der Waals surface area contributed by atoms with Gasteiger partial charge >= 0.3 is 0 Å². The summed E-state index contributed by atoms with van der Waals surface area (Å²) in [5, 5.41) is 3.31. The molecule has 23 heavy (non-hydrogen) atoms. The van der Waals surface area contributed by atoms with E-state index >= 15 is 0 Å². The smallest absolute Gasteiger partial charge is 0.254 e. The molecule has 6 nitrogen and oxygen atoms in total. The molecule has 7 heteroatoms. The number of hydrogen-bond donors (Lipinski definition) is 1. The van der Waals surface area contributed by atoms with Gasteiger partial charge in [-0.05, 0) is 38.1 Å². The summed E-state index contributed by atoms with van der Waals surface area (Å²) in [6.45, 7) is 2.88. The van der Waals surface area contributed by atoms with Gasteiger partial charge in [-0.2, -0.15) is 0 Å². The van der Waals surface area contributed by atoms with Crippen LogP contribution >= 0.6 is 12.4 Å². The van der Waals surface area contributed by atoms with E-state index < -0.39 is 0 Å². The van der Waals surface area contributed by atoms with E-state index in [-0.39, 0.29) is 24.4 Å². The number of nitrogens with one attached hydrogen (secondary N) is 1. The van der Waals surface area contributed by atoms with Crippen LogP contribution in [0.5, 0.6) is 17.2 Å². The van der Waals surface area contributed by atoms with Crippen molar-refractivity contribution in [2.45, 2.75) is 18.9 Å². The fourth-order valence-corrected chi connectivity index (χ4v) is 2.96. The highest BCUT2D eigenvalue weighted by Crippen LogP contribution is 2.40. The average molecular weight is 343 g/mol. The minimum atomic E-state index is -0.0119. The molecule has 2 aliphatic heterocycles. The van der Waals surface area contributed by atoms with Crippen LogP contribution in [0.15, 0.2) is 12.1 Å². The Morgan fingerprint density at radius 3 is 2.65 bits per heavy atom. The van der Waals surface area contributed by atoms with Crippen molar-refractivity contribution in [3.05, 3.63) is 17.7 Å². The van der Waals surface area contributed by atoms with Gasteiger partial charge in [0.1, 0.15) is 13.2 Å². The number of nitrogens with zero attached hydrogens (tertiary/aromatic N) is 1. The van der Waals surface area contributed by atoms with Crippen LogP contribution in [0.2, 0.25) is 0 Å². The van der Waals surface area contributed by atoms with Crippen LogP contribution < -0.4 is 19.5 Å². The Hall–Kier alpha value is -1.66. The molecule has 0 bridgehead atoms. The monoisotopic (exact) mass is 342 g/mol. The molecule has 0 radical (unpaired) electrons. The second-order valence-electron chi connectivity index (χ2n) is 5.60. The number of halogens is 1. The third-order valence-corrected chi connectivity index (χ3v) is 4.25. The van der Waals surface area contributed by atoms with Crippen LogP contribution in [0.3, 0.4) is 0 Å². The Morgan fingerprint density at radius 1 is 1.26 bits per heavy atom. The van der Waals surface area contributed by atoms with Crippen molar-refractivity contribution in [2.75, 3.05) is 40.5 Å². The molecular formula is C16H23ClN2O4. The summed E-state index contributed by atoms with van der Waals surface area (Å²) < 4.78 is 16.5. The number of piperidine rings is 1. The normalized spacial score (nSPS) is 17.1. The van der Waals surface area contributed by atoms with E-state index in [4.69, 9.17) is 14.2 Å². The lowest BCUT2D eigenvalue weighted by Crippen LogP contribution is -2.44. The van der Waals surface area contributed by atoms with Crippen molar-refractivity contribution < 1.29 is 19.0 Å². The molecule has 1 fully saturated rings. The first kappa shape index (κ1) is 17.7. The number of hydrogen-bond acceptors (Lipinski definition) is 5. The summed E-state index contributed by atoms with van der Waals surface area (Å²) in [5.74, 6) is 1.68. The summed E-state index contributed by atoms with van der Waals surface area (Å²) in [6, 6.07) is 3.75. The van der Waals surface area contributed by atoms with Crippen LogP contribution in [0.1, 0.15) is 23.2 Å². The maximum atomic E-state index is 12.8. The number of benzene rings is 1. The zero-order valence-corrected chi connectivity index (χ0v) is 14.3. The molecule has 1 amide bonds. The van der Waals surface area contributed by atoms with E-state index in [9.17, 15) is 4.79 Å². The number of ether oxygens (including phenoxy) is 3. The molecule has 3 rings (SSSR count). The highest BCUT2D eigenvalue weighted by atomic mass is 35.5. The van der Waals surface area contributed by atoms with Crippen molar-refractivity contribution in [3.63, 3.8) is 0 Å². The lowest BCUT2D eigenvalue weighted by Gasteiger charge is -2.32. The number of fused-ring (bicyclic) bond motifs is 1. The number of rotatable bonds is 3. The summed E-state index contributed by atoms with van der Waals surface area (Å²) in [4.78, 5) is 14.6. The van der Waals surface area contributed by atoms with Crippen molar-refractivity contribution in [3.8, 4) is 17.2 Å². The van der Waals surface area contributed by atoms with Crippen molar-refractivity contribution in [1.29, 1.82) is 0 Å². The van der Waals surface area contributed by atoms with E-state index in [1.165, 1.54) is 0 Å². The number of carbonyl (C=O) groups is 1. The first-order chi connectivity index (χ1) is 10.7. The molecule has 2 aliphatic rings. The molecule has 1 aromatic rings. The van der Waals surface area contributed by atoms with Gasteiger partial charge in [0.15, 0.2) is 11.5 Å². The van der Waals surface area contributed by atoms with Crippen LogP contribution in [-0.2, 0) is 0 Å². The fraction of sp³-hybridized carbons (Fsp3) is 0.562. The second-order valence-corrected chi connectivity index (χ2v) is 5.60. The quantitative estimate of drug-likeness (QED) is 0.906. The predicted molar refractivity (Wildman–Crippen MR) is 89.2 cm³/mol. The molecule has 1 saturated heterocycles. The van der Waals surface area contributed by atoms with Gasteiger partial charge in [-0.3, -0.25) is 4.79 Å². The van der Waals surface area contributed by atoms with Crippen LogP contribution in [0, 0.1) is 0 Å². The van der Waals surface area contributed by atoms with E-state index in [2.05, 4.69) is 5.32 Å². The van der Waals surface area contributed by atoms with Gasteiger partial charge in [0.25, 0.3) is 5.91 Å². The predicted octanol–water partition coefficient (Wildman–Crippen LogP) is 1.71. The zero-order chi connectivity index (χ0) is 15.5. The highest BCUT2D eigenvalue weighted by molar-refractivity contribution is 5.95. The minimum Gasteiger partial charge on any atom is -0.493 e. The molecule has 0 unspecified atom stereocenters. The SMILES string of the molecule is COc1cc(C(=O)N(C)C2CCNCC2)cc2c1OCCO2.Cl. The molecular weight excluding hydrogens is 320 g/mol. The van der Waals surface area contributed by atoms with Gasteiger partial charge in [-0.25, -0.2) is 0 Å². The highest BCUT2D eigenvalue weighted by Gasteiger charge is 2.26. The first-order valence-electron chi connectivity index (χ1n) is 7.66. The van der Waals surface area contributed by atoms with E-state index in [0.29, 0.717) is 36.0 Å². The Kier molecular flexibility index (Phi) is 5.96. The largest absolute Gasteiger partial charge is 0.493 e.